The van der Waals surface area contributed by atoms with Gasteiger partial charge in [0.2, 0.25) is 0 Å². The lowest BCUT2D eigenvalue weighted by atomic mass is 9.94. The summed E-state index contributed by atoms with van der Waals surface area (Å²) in [7, 11) is -3.19. The molecule has 32 heavy (non-hydrogen) atoms. The van der Waals surface area contributed by atoms with E-state index < -0.39 is 32.5 Å². The summed E-state index contributed by atoms with van der Waals surface area (Å²) < 4.78 is 51.9. The summed E-state index contributed by atoms with van der Waals surface area (Å²) in [5.74, 6) is -0.538. The molecule has 0 aliphatic carbocycles. The Kier molecular flexibility index (Phi) is 10.8. The Balaban J connectivity index is 0.00000249. The van der Waals surface area contributed by atoms with Crippen LogP contribution in [0.2, 0.25) is 0 Å². The van der Waals surface area contributed by atoms with E-state index in [1.807, 2.05) is 24.3 Å². The van der Waals surface area contributed by atoms with Crippen molar-refractivity contribution in [2.45, 2.75) is 43.6 Å². The Morgan fingerprint density at radius 2 is 1.75 bits per heavy atom. The third kappa shape index (κ3) is 7.31. The number of alkyl carbamates (subject to hydrolysis) is 1. The molecular weight excluding hydrogens is 438 g/mol. The predicted molar refractivity (Wildman–Crippen MR) is 119 cm³/mol. The minimum Gasteiger partial charge on any atom is -0.445 e. The van der Waals surface area contributed by atoms with Gasteiger partial charge in [-0.2, -0.15) is 5.26 Å². The number of ether oxygens (including phenoxy) is 1. The van der Waals surface area contributed by atoms with E-state index in [2.05, 4.69) is 5.32 Å². The second-order valence-electron chi connectivity index (χ2n) is 7.05. The van der Waals surface area contributed by atoms with Crippen molar-refractivity contribution in [3.8, 4) is 6.07 Å². The van der Waals surface area contributed by atoms with Crippen molar-refractivity contribution in [3.05, 3.63) is 71.5 Å². The molecule has 0 aliphatic heterocycles. The quantitative estimate of drug-likeness (QED) is 0.568. The minimum absolute atomic E-state index is 0.0388. The smallest absolute Gasteiger partial charge is 0.407 e. The highest BCUT2D eigenvalue weighted by Crippen LogP contribution is 2.31. The molecule has 2 aromatic carbocycles. The second-order valence-corrected chi connectivity index (χ2v) is 9.38. The molecule has 0 fully saturated rings. The lowest BCUT2D eigenvalue weighted by molar-refractivity contribution is 0.134. The number of sulfone groups is 1. The van der Waals surface area contributed by atoms with Gasteiger partial charge in [0.05, 0.1) is 19.3 Å². The molecule has 2 unspecified atom stereocenters. The average Bonchev–Trinajstić information content (AvgIpc) is 2.79. The van der Waals surface area contributed by atoms with Gasteiger partial charge in [-0.05, 0) is 30.9 Å². The summed E-state index contributed by atoms with van der Waals surface area (Å²) in [6.45, 7) is 1.65. The first-order valence-corrected chi connectivity index (χ1v) is 11.8. The monoisotopic (exact) mass is 466 g/mol. The van der Waals surface area contributed by atoms with Crippen LogP contribution in [0.1, 0.15) is 43.4 Å². The number of nitrogens with one attached hydrogen (secondary N) is 1. The number of hydrogen-bond acceptors (Lipinski definition) is 5. The molecule has 0 aliphatic rings. The fourth-order valence-electron chi connectivity index (χ4n) is 3.19. The van der Waals surface area contributed by atoms with E-state index in [-0.39, 0.29) is 31.4 Å². The van der Waals surface area contributed by atoms with E-state index >= 15 is 0 Å². The first kappa shape index (κ1) is 27.0. The number of benzene rings is 2. The summed E-state index contributed by atoms with van der Waals surface area (Å²) >= 11 is 0. The number of carbonyl (C=O) groups is 1. The molecule has 0 heterocycles. The van der Waals surface area contributed by atoms with Gasteiger partial charge in [-0.25, -0.2) is 17.6 Å². The third-order valence-electron chi connectivity index (χ3n) is 5.11. The van der Waals surface area contributed by atoms with Crippen LogP contribution in [0.15, 0.2) is 54.6 Å². The Morgan fingerprint density at radius 3 is 2.28 bits per heavy atom. The van der Waals surface area contributed by atoms with E-state index in [1.165, 1.54) is 18.2 Å². The summed E-state index contributed by atoms with van der Waals surface area (Å²) in [4.78, 5) is 12.3. The van der Waals surface area contributed by atoms with Gasteiger partial charge in [0.25, 0.3) is 0 Å². The van der Waals surface area contributed by atoms with Gasteiger partial charge in [-0.1, -0.05) is 55.5 Å². The number of halogens is 2. The van der Waals surface area contributed by atoms with Crippen molar-refractivity contribution >= 4 is 15.9 Å². The van der Waals surface area contributed by atoms with E-state index in [0.717, 1.165) is 11.8 Å². The Labute approximate surface area is 188 Å². The zero-order valence-corrected chi connectivity index (χ0v) is 19.2. The maximum Gasteiger partial charge on any atom is 0.407 e. The van der Waals surface area contributed by atoms with E-state index in [9.17, 15) is 27.3 Å². The Bertz CT molecular complexity index is 1010. The molecular formula is C23H28F2N2O4S. The van der Waals surface area contributed by atoms with Crippen LogP contribution < -0.4 is 5.32 Å². The first-order chi connectivity index (χ1) is 15.2. The maximum atomic E-state index is 14.4. The zero-order valence-electron chi connectivity index (χ0n) is 18.3. The van der Waals surface area contributed by atoms with Crippen LogP contribution in [0.3, 0.4) is 0 Å². The highest BCUT2D eigenvalue weighted by atomic mass is 32.2. The van der Waals surface area contributed by atoms with Crippen LogP contribution in [0, 0.1) is 17.1 Å². The molecule has 1 amide bonds. The van der Waals surface area contributed by atoms with Gasteiger partial charge >= 0.3 is 6.09 Å². The molecule has 2 rings (SSSR count). The van der Waals surface area contributed by atoms with Crippen molar-refractivity contribution in [1.82, 2.24) is 5.32 Å². The molecule has 0 spiro atoms. The van der Waals surface area contributed by atoms with Crippen LogP contribution in [0.5, 0.6) is 0 Å². The fraction of sp³-hybridized carbons (Fsp3) is 0.391. The number of nitrogens with zero attached hydrogens (tertiary/aromatic N) is 1. The zero-order chi connectivity index (χ0) is 24.2. The van der Waals surface area contributed by atoms with Gasteiger partial charge in [0.15, 0.2) is 14.6 Å². The van der Waals surface area contributed by atoms with Crippen LogP contribution in [-0.4, -0.2) is 32.7 Å². The van der Waals surface area contributed by atoms with Crippen molar-refractivity contribution in [2.75, 3.05) is 13.4 Å². The second kappa shape index (κ2) is 12.8. The van der Waals surface area contributed by atoms with E-state index in [1.54, 1.807) is 25.1 Å². The molecule has 6 nitrogen and oxygen atoms in total. The molecule has 0 aromatic heterocycles. The average molecular weight is 467 g/mol. The first-order valence-electron chi connectivity index (χ1n) is 9.92. The van der Waals surface area contributed by atoms with Crippen molar-refractivity contribution in [3.63, 3.8) is 0 Å². The van der Waals surface area contributed by atoms with Crippen molar-refractivity contribution in [2.24, 2.45) is 0 Å². The number of rotatable bonds is 9. The van der Waals surface area contributed by atoms with E-state index in [0.29, 0.717) is 7.18 Å². The van der Waals surface area contributed by atoms with Gasteiger partial charge in [-0.15, -0.1) is 0 Å². The molecule has 0 saturated carbocycles. The summed E-state index contributed by atoms with van der Waals surface area (Å²) in [5.41, 5.74) is 0.993. The van der Waals surface area contributed by atoms with Crippen LogP contribution in [0.25, 0.3) is 0 Å². The topological polar surface area (TPSA) is 96.3 Å². The predicted octanol–water partition coefficient (Wildman–Crippen LogP) is 4.88. The molecule has 174 valence electrons. The maximum absolute atomic E-state index is 14.4. The molecule has 0 saturated heterocycles. The highest BCUT2D eigenvalue weighted by molar-refractivity contribution is 7.92. The number of amides is 1. The molecule has 0 radical (unpaired) electrons. The minimum atomic E-state index is -3.69. The fourth-order valence-corrected chi connectivity index (χ4v) is 4.37. The molecule has 2 atom stereocenters. The van der Waals surface area contributed by atoms with Crippen LogP contribution >= 0.6 is 0 Å². The highest BCUT2D eigenvalue weighted by Gasteiger charge is 2.40. The summed E-state index contributed by atoms with van der Waals surface area (Å²) in [5, 5.41) is 12.1. The van der Waals surface area contributed by atoms with Gasteiger partial charge < -0.3 is 10.1 Å². The van der Waals surface area contributed by atoms with Crippen LogP contribution in [-0.2, 0) is 21.2 Å². The molecule has 1 N–H and O–H groups in total. The number of hydrogen-bond donors (Lipinski definition) is 1. The lowest BCUT2D eigenvalue weighted by Crippen LogP contribution is -2.38. The molecule has 9 heteroatoms. The van der Waals surface area contributed by atoms with Gasteiger partial charge in [0, 0.05) is 11.8 Å². The third-order valence-corrected chi connectivity index (χ3v) is 7.11. The van der Waals surface area contributed by atoms with Crippen LogP contribution in [0.4, 0.5) is 13.6 Å². The normalized spacial score (nSPS) is 13.5. The Hall–Kier alpha value is -2.99. The van der Waals surface area contributed by atoms with Crippen molar-refractivity contribution < 1.29 is 26.7 Å². The largest absolute Gasteiger partial charge is 0.445 e. The summed E-state index contributed by atoms with van der Waals surface area (Å²) in [6.07, 6.45) is 0.335. The Morgan fingerprint density at radius 1 is 1.16 bits per heavy atom. The van der Waals surface area contributed by atoms with Gasteiger partial charge in [-0.3, -0.25) is 4.39 Å². The molecule has 0 bridgehead atoms. The summed E-state index contributed by atoms with van der Waals surface area (Å²) in [6, 6.07) is 16.0. The van der Waals surface area contributed by atoms with Crippen molar-refractivity contribution in [1.29, 1.82) is 5.26 Å². The standard InChI is InChI=1S/C22H25FN2O4S.CH3F/c1-3-22(16-24,30(2,27)28)14-13-20(18-11-7-8-12-19(18)23)25-21(26)29-15-17-9-5-4-6-10-17;1-2/h4-12,20H,3,13-15H2,1-2H3,(H,25,26);1H3. The SMILES string of the molecule is CCC(C#N)(CCC(NC(=O)OCc1ccccc1)c1ccccc1F)S(C)(=O)=O.CF. The number of nitriles is 1. The molecule has 2 aromatic rings. The number of carbonyl (C=O) groups excluding carboxylic acids is 1. The van der Waals surface area contributed by atoms with Gasteiger partial charge in [0.1, 0.15) is 12.4 Å². The lowest BCUT2D eigenvalue weighted by Gasteiger charge is -2.26. The number of alkyl halides is 1. The van der Waals surface area contributed by atoms with E-state index in [4.69, 9.17) is 4.74 Å².